The highest BCUT2D eigenvalue weighted by atomic mass is 32.2. The summed E-state index contributed by atoms with van der Waals surface area (Å²) in [6.45, 7) is 6.05. The molecule has 0 aliphatic carbocycles. The molecule has 2 rings (SSSR count). The van der Waals surface area contributed by atoms with Crippen LogP contribution in [-0.4, -0.2) is 35.1 Å². The van der Waals surface area contributed by atoms with Crippen LogP contribution in [0.4, 0.5) is 5.69 Å². The average Bonchev–Trinajstić information content (AvgIpc) is 2.94. The van der Waals surface area contributed by atoms with Gasteiger partial charge in [0.2, 0.25) is 5.91 Å². The van der Waals surface area contributed by atoms with E-state index < -0.39 is 0 Å². The van der Waals surface area contributed by atoms with Crippen LogP contribution in [0.3, 0.4) is 0 Å². The summed E-state index contributed by atoms with van der Waals surface area (Å²) in [6.07, 6.45) is 1.03. The van der Waals surface area contributed by atoms with Crippen molar-refractivity contribution in [3.05, 3.63) is 47.3 Å². The van der Waals surface area contributed by atoms with Gasteiger partial charge < -0.3 is 14.6 Å². The normalized spacial score (nSPS) is 10.6. The Bertz CT molecular complexity index is 856. The minimum atomic E-state index is -0.223. The number of rotatable bonds is 9. The second-order valence-electron chi connectivity index (χ2n) is 6.53. The molecule has 1 aromatic heterocycles. The number of ether oxygens (including phenoxy) is 1. The third-order valence-electron chi connectivity index (χ3n) is 4.41. The lowest BCUT2D eigenvalue weighted by atomic mass is 10.2. The topological polar surface area (TPSA) is 77.4 Å². The highest BCUT2D eigenvalue weighted by Crippen LogP contribution is 2.23. The fourth-order valence-electron chi connectivity index (χ4n) is 2.98. The third-order valence-corrected chi connectivity index (χ3v) is 5.42. The molecule has 0 saturated heterocycles. The molecular formula is C21H26N2O4S. The van der Waals surface area contributed by atoms with Crippen molar-refractivity contribution < 1.29 is 19.1 Å². The molecule has 0 atom stereocenters. The van der Waals surface area contributed by atoms with Gasteiger partial charge >= 0.3 is 5.97 Å². The number of carbonyl (C=O) groups is 3. The number of hydrogen-bond donors (Lipinski definition) is 1. The quantitative estimate of drug-likeness (QED) is 0.390. The summed E-state index contributed by atoms with van der Waals surface area (Å²) in [5.41, 5.74) is 3.39. The van der Waals surface area contributed by atoms with Gasteiger partial charge in [0.15, 0.2) is 5.78 Å². The van der Waals surface area contributed by atoms with Gasteiger partial charge in [0, 0.05) is 47.4 Å². The summed E-state index contributed by atoms with van der Waals surface area (Å²) in [6, 6.07) is 9.33. The summed E-state index contributed by atoms with van der Waals surface area (Å²) < 4.78 is 6.74. The van der Waals surface area contributed by atoms with Crippen LogP contribution < -0.4 is 5.32 Å². The number of hydrogen-bond acceptors (Lipinski definition) is 5. The van der Waals surface area contributed by atoms with Crippen LogP contribution in [0.5, 0.6) is 0 Å². The Hall–Kier alpha value is -2.54. The van der Waals surface area contributed by atoms with Gasteiger partial charge in [-0.25, -0.2) is 0 Å². The number of Topliss-reactive ketones (excluding diaryl/α,β-unsaturated/α-hetero) is 1. The zero-order valence-corrected chi connectivity index (χ0v) is 17.5. The van der Waals surface area contributed by atoms with Crippen LogP contribution in [-0.2, 0) is 20.9 Å². The Morgan fingerprint density at radius 2 is 1.82 bits per heavy atom. The predicted molar refractivity (Wildman–Crippen MR) is 111 cm³/mol. The molecule has 150 valence electrons. The van der Waals surface area contributed by atoms with E-state index in [1.54, 1.807) is 0 Å². The summed E-state index contributed by atoms with van der Waals surface area (Å²) >= 11 is 1.47. The molecule has 0 fully saturated rings. The SMILES string of the molecule is COC(=O)CCCn1c(C)cc(C(=O)CSc2ccc(NC(C)=O)cc2)c1C. The van der Waals surface area contributed by atoms with Gasteiger partial charge in [-0.1, -0.05) is 0 Å². The molecule has 0 unspecified atom stereocenters. The minimum absolute atomic E-state index is 0.0725. The Labute approximate surface area is 169 Å². The fourth-order valence-corrected chi connectivity index (χ4v) is 3.76. The van der Waals surface area contributed by atoms with E-state index in [9.17, 15) is 14.4 Å². The molecule has 0 radical (unpaired) electrons. The molecule has 2 aromatic rings. The van der Waals surface area contributed by atoms with Crippen LogP contribution >= 0.6 is 11.8 Å². The lowest BCUT2D eigenvalue weighted by molar-refractivity contribution is -0.140. The zero-order chi connectivity index (χ0) is 20.7. The van der Waals surface area contributed by atoms with Gasteiger partial charge in [0.25, 0.3) is 0 Å². The fraction of sp³-hybridized carbons (Fsp3) is 0.381. The Morgan fingerprint density at radius 3 is 2.43 bits per heavy atom. The highest BCUT2D eigenvalue weighted by molar-refractivity contribution is 8.00. The van der Waals surface area contributed by atoms with E-state index in [2.05, 4.69) is 14.6 Å². The number of aromatic nitrogens is 1. The molecule has 0 saturated carbocycles. The number of nitrogens with zero attached hydrogens (tertiary/aromatic N) is 1. The molecule has 1 amide bonds. The number of thioether (sulfide) groups is 1. The molecule has 0 aliphatic heterocycles. The van der Waals surface area contributed by atoms with E-state index in [4.69, 9.17) is 0 Å². The zero-order valence-electron chi connectivity index (χ0n) is 16.7. The first-order valence-corrected chi connectivity index (χ1v) is 10.1. The van der Waals surface area contributed by atoms with Crippen molar-refractivity contribution in [2.75, 3.05) is 18.2 Å². The van der Waals surface area contributed by atoms with Crippen LogP contribution in [0.25, 0.3) is 0 Å². The maximum atomic E-state index is 12.7. The number of esters is 1. The molecule has 7 heteroatoms. The van der Waals surface area contributed by atoms with Crippen molar-refractivity contribution in [1.82, 2.24) is 4.57 Å². The number of amides is 1. The first-order chi connectivity index (χ1) is 13.3. The van der Waals surface area contributed by atoms with Crippen LogP contribution in [0.1, 0.15) is 41.5 Å². The standard InChI is InChI=1S/C21H26N2O4S/c1-14-12-19(15(2)23(14)11-5-6-21(26)27-4)20(25)13-28-18-9-7-17(8-10-18)22-16(3)24/h7-10,12H,5-6,11,13H2,1-4H3,(H,22,24). The van der Waals surface area contributed by atoms with E-state index >= 15 is 0 Å². The molecule has 28 heavy (non-hydrogen) atoms. The number of ketones is 1. The van der Waals surface area contributed by atoms with E-state index in [1.165, 1.54) is 25.8 Å². The smallest absolute Gasteiger partial charge is 0.305 e. The van der Waals surface area contributed by atoms with Crippen molar-refractivity contribution in [3.63, 3.8) is 0 Å². The molecule has 1 N–H and O–H groups in total. The lowest BCUT2D eigenvalue weighted by Crippen LogP contribution is -2.08. The summed E-state index contributed by atoms with van der Waals surface area (Å²) in [5.74, 6) is 0.0758. The monoisotopic (exact) mass is 402 g/mol. The Balaban J connectivity index is 1.96. The van der Waals surface area contributed by atoms with Crippen LogP contribution in [0.2, 0.25) is 0 Å². The van der Waals surface area contributed by atoms with E-state index in [0.29, 0.717) is 25.1 Å². The first-order valence-electron chi connectivity index (χ1n) is 9.09. The largest absolute Gasteiger partial charge is 0.469 e. The molecule has 0 spiro atoms. The Kier molecular flexibility index (Phi) is 7.87. The van der Waals surface area contributed by atoms with Gasteiger partial charge in [-0.15, -0.1) is 11.8 Å². The van der Waals surface area contributed by atoms with Gasteiger partial charge in [0.1, 0.15) is 0 Å². The number of benzene rings is 1. The molecule has 6 nitrogen and oxygen atoms in total. The van der Waals surface area contributed by atoms with Crippen molar-refractivity contribution in [3.8, 4) is 0 Å². The molecule has 1 aromatic carbocycles. The highest BCUT2D eigenvalue weighted by Gasteiger charge is 2.16. The van der Waals surface area contributed by atoms with E-state index in [1.807, 2.05) is 44.2 Å². The second kappa shape index (κ2) is 10.1. The Morgan fingerprint density at radius 1 is 1.14 bits per heavy atom. The molecule has 0 bridgehead atoms. The molecular weight excluding hydrogens is 376 g/mol. The van der Waals surface area contributed by atoms with Crippen LogP contribution in [0, 0.1) is 13.8 Å². The van der Waals surface area contributed by atoms with Gasteiger partial charge in [-0.05, 0) is 50.6 Å². The molecule has 0 aliphatic rings. The van der Waals surface area contributed by atoms with Crippen LogP contribution in [0.15, 0.2) is 35.2 Å². The number of methoxy groups -OCH3 is 1. The lowest BCUT2D eigenvalue weighted by Gasteiger charge is -2.09. The summed E-state index contributed by atoms with van der Waals surface area (Å²) in [4.78, 5) is 36.0. The molecule has 1 heterocycles. The first kappa shape index (κ1) is 21.8. The van der Waals surface area contributed by atoms with Crippen molar-refractivity contribution >= 4 is 35.1 Å². The maximum Gasteiger partial charge on any atom is 0.305 e. The minimum Gasteiger partial charge on any atom is -0.469 e. The van der Waals surface area contributed by atoms with Crippen molar-refractivity contribution in [2.24, 2.45) is 0 Å². The van der Waals surface area contributed by atoms with Gasteiger partial charge in [-0.2, -0.15) is 0 Å². The number of nitrogens with one attached hydrogen (secondary N) is 1. The van der Waals surface area contributed by atoms with E-state index in [-0.39, 0.29) is 17.7 Å². The van der Waals surface area contributed by atoms with Gasteiger partial charge in [-0.3, -0.25) is 14.4 Å². The number of carbonyl (C=O) groups excluding carboxylic acids is 3. The summed E-state index contributed by atoms with van der Waals surface area (Å²) in [5, 5.41) is 2.72. The second-order valence-corrected chi connectivity index (χ2v) is 7.58. The summed E-state index contributed by atoms with van der Waals surface area (Å²) in [7, 11) is 1.39. The third kappa shape index (κ3) is 5.99. The maximum absolute atomic E-state index is 12.7. The average molecular weight is 403 g/mol. The predicted octanol–water partition coefficient (Wildman–Crippen LogP) is 3.99. The number of anilines is 1. The van der Waals surface area contributed by atoms with E-state index in [0.717, 1.165) is 27.5 Å². The van der Waals surface area contributed by atoms with Crippen molar-refractivity contribution in [1.29, 1.82) is 0 Å². The van der Waals surface area contributed by atoms with Gasteiger partial charge in [0.05, 0.1) is 12.9 Å². The van der Waals surface area contributed by atoms with Crippen molar-refractivity contribution in [2.45, 2.75) is 45.1 Å². The number of aryl methyl sites for hydroxylation is 1.